The van der Waals surface area contributed by atoms with Crippen molar-refractivity contribution in [2.24, 2.45) is 0 Å². The molecule has 0 bridgehead atoms. The van der Waals surface area contributed by atoms with Crippen molar-refractivity contribution in [2.75, 3.05) is 0 Å². The number of rotatable bonds is 3. The van der Waals surface area contributed by atoms with Crippen LogP contribution in [0.4, 0.5) is 0 Å². The van der Waals surface area contributed by atoms with Gasteiger partial charge < -0.3 is 0 Å². The Labute approximate surface area is 158 Å². The zero-order valence-corrected chi connectivity index (χ0v) is 17.1. The summed E-state index contributed by atoms with van der Waals surface area (Å²) in [7, 11) is -1.85. The third-order valence-corrected chi connectivity index (χ3v) is 9.83. The summed E-state index contributed by atoms with van der Waals surface area (Å²) in [6.07, 6.45) is 0. The first-order valence-electron chi connectivity index (χ1n) is 9.40. The lowest BCUT2D eigenvalue weighted by atomic mass is 9.87. The number of hydrogen-bond donors (Lipinski definition) is 0. The Morgan fingerprint density at radius 1 is 0.654 bits per heavy atom. The van der Waals surface area contributed by atoms with Crippen LogP contribution in [-0.4, -0.2) is 8.07 Å². The fourth-order valence-electron chi connectivity index (χ4n) is 4.83. The molecule has 0 nitrogen and oxygen atoms in total. The minimum absolute atomic E-state index is 0.0489. The molecule has 0 fully saturated rings. The lowest BCUT2D eigenvalue weighted by Crippen LogP contribution is -2.48. The maximum atomic E-state index is 2.51. The first-order chi connectivity index (χ1) is 12.4. The van der Waals surface area contributed by atoms with E-state index in [4.69, 9.17) is 0 Å². The summed E-state index contributed by atoms with van der Waals surface area (Å²) in [5.74, 6) is 0. The standard InChI is InChI=1S/C25H26Si/c1-25(2)22-18-12-11-17-21(22)23(19-13-7-5-8-14-19)24(25)26(3,4)20-15-9-6-10-16-20/h5-18H,1-4H3. The Hall–Kier alpha value is -2.38. The van der Waals surface area contributed by atoms with Crippen LogP contribution in [0.3, 0.4) is 0 Å². The van der Waals surface area contributed by atoms with E-state index in [9.17, 15) is 0 Å². The van der Waals surface area contributed by atoms with Gasteiger partial charge in [0, 0.05) is 5.41 Å². The highest BCUT2D eigenvalue weighted by Gasteiger charge is 2.46. The minimum Gasteiger partial charge on any atom is -0.0626 e. The molecule has 3 aromatic carbocycles. The molecule has 0 spiro atoms. The molecule has 0 radical (unpaired) electrons. The molecule has 4 rings (SSSR count). The Bertz CT molecular complexity index is 963. The van der Waals surface area contributed by atoms with E-state index in [0.717, 1.165) is 0 Å². The highest BCUT2D eigenvalue weighted by atomic mass is 28.3. The molecule has 1 heteroatoms. The Morgan fingerprint density at radius 3 is 1.85 bits per heavy atom. The van der Waals surface area contributed by atoms with Crippen molar-refractivity contribution in [1.82, 2.24) is 0 Å². The molecule has 1 aliphatic rings. The second kappa shape index (κ2) is 6.10. The van der Waals surface area contributed by atoms with Gasteiger partial charge in [0.1, 0.15) is 8.07 Å². The van der Waals surface area contributed by atoms with Gasteiger partial charge in [-0.2, -0.15) is 0 Å². The summed E-state index contributed by atoms with van der Waals surface area (Å²) in [4.78, 5) is 0. The topological polar surface area (TPSA) is 0 Å². The zero-order chi connectivity index (χ0) is 18.4. The van der Waals surface area contributed by atoms with E-state index in [1.165, 1.54) is 27.5 Å². The summed E-state index contributed by atoms with van der Waals surface area (Å²) < 4.78 is 0. The first-order valence-corrected chi connectivity index (χ1v) is 12.4. The number of allylic oxidation sites excluding steroid dienone is 1. The molecule has 0 aliphatic heterocycles. The summed E-state index contributed by atoms with van der Waals surface area (Å²) in [5, 5.41) is 3.15. The molecule has 0 unspecified atom stereocenters. The molecular formula is C25H26Si. The van der Waals surface area contributed by atoms with Gasteiger partial charge in [0.2, 0.25) is 0 Å². The molecule has 0 saturated carbocycles. The van der Waals surface area contributed by atoms with Crippen LogP contribution in [0.2, 0.25) is 13.1 Å². The monoisotopic (exact) mass is 354 g/mol. The van der Waals surface area contributed by atoms with Crippen molar-refractivity contribution in [1.29, 1.82) is 0 Å². The van der Waals surface area contributed by atoms with Crippen molar-refractivity contribution in [3.05, 3.63) is 107 Å². The van der Waals surface area contributed by atoms with Gasteiger partial charge in [-0.25, -0.2) is 0 Å². The van der Waals surface area contributed by atoms with Gasteiger partial charge in [0.05, 0.1) is 0 Å². The lowest BCUT2D eigenvalue weighted by Gasteiger charge is -2.36. The highest BCUT2D eigenvalue weighted by molar-refractivity contribution is 6.97. The lowest BCUT2D eigenvalue weighted by molar-refractivity contribution is 0.663. The molecule has 3 aromatic rings. The Balaban J connectivity index is 2.06. The average molecular weight is 355 g/mol. The third kappa shape index (κ3) is 2.50. The van der Waals surface area contributed by atoms with Crippen LogP contribution in [-0.2, 0) is 5.41 Å². The van der Waals surface area contributed by atoms with Crippen molar-refractivity contribution in [3.63, 3.8) is 0 Å². The fourth-order valence-corrected chi connectivity index (χ4v) is 8.74. The summed E-state index contributed by atoms with van der Waals surface area (Å²) >= 11 is 0. The minimum atomic E-state index is -1.85. The normalized spacial score (nSPS) is 15.8. The van der Waals surface area contributed by atoms with E-state index in [1.54, 1.807) is 5.20 Å². The van der Waals surface area contributed by atoms with Crippen LogP contribution < -0.4 is 5.19 Å². The predicted octanol–water partition coefficient (Wildman–Crippen LogP) is 5.93. The molecule has 0 aromatic heterocycles. The van der Waals surface area contributed by atoms with Crippen molar-refractivity contribution >= 4 is 18.8 Å². The van der Waals surface area contributed by atoms with E-state index < -0.39 is 8.07 Å². The van der Waals surface area contributed by atoms with Gasteiger partial charge in [-0.05, 0) is 22.3 Å². The maximum absolute atomic E-state index is 2.51. The maximum Gasteiger partial charge on any atom is 0.109 e. The summed E-state index contributed by atoms with van der Waals surface area (Å²) in [6.45, 7) is 9.84. The number of benzene rings is 3. The van der Waals surface area contributed by atoms with E-state index in [0.29, 0.717) is 0 Å². The molecule has 0 saturated heterocycles. The van der Waals surface area contributed by atoms with Crippen LogP contribution in [0.25, 0.3) is 5.57 Å². The highest BCUT2D eigenvalue weighted by Crippen LogP contribution is 2.51. The van der Waals surface area contributed by atoms with Gasteiger partial charge in [0.15, 0.2) is 0 Å². The van der Waals surface area contributed by atoms with E-state index in [-0.39, 0.29) is 5.41 Å². The Morgan fingerprint density at radius 2 is 1.19 bits per heavy atom. The van der Waals surface area contributed by atoms with Crippen LogP contribution >= 0.6 is 0 Å². The molecule has 0 atom stereocenters. The van der Waals surface area contributed by atoms with Crippen molar-refractivity contribution in [2.45, 2.75) is 32.4 Å². The molecular weight excluding hydrogens is 328 g/mol. The summed E-state index contributed by atoms with van der Waals surface area (Å²) in [6, 6.07) is 31.1. The predicted molar refractivity (Wildman–Crippen MR) is 115 cm³/mol. The van der Waals surface area contributed by atoms with Crippen LogP contribution in [0.1, 0.15) is 30.5 Å². The SMILES string of the molecule is CC1(C)C([Si](C)(C)c2ccccc2)=C(c2ccccc2)c2ccccc21. The average Bonchev–Trinajstić information content (AvgIpc) is 2.91. The van der Waals surface area contributed by atoms with Crippen molar-refractivity contribution in [3.8, 4) is 0 Å². The smallest absolute Gasteiger partial charge is 0.0626 e. The molecule has 0 amide bonds. The van der Waals surface area contributed by atoms with E-state index in [2.05, 4.69) is 112 Å². The largest absolute Gasteiger partial charge is 0.109 e. The molecule has 0 heterocycles. The van der Waals surface area contributed by atoms with Gasteiger partial charge in [0.25, 0.3) is 0 Å². The second-order valence-electron chi connectivity index (χ2n) is 8.28. The van der Waals surface area contributed by atoms with Gasteiger partial charge in [-0.15, -0.1) is 0 Å². The fraction of sp³-hybridized carbons (Fsp3) is 0.200. The number of fused-ring (bicyclic) bond motifs is 1. The van der Waals surface area contributed by atoms with Crippen LogP contribution in [0.15, 0.2) is 90.1 Å². The van der Waals surface area contributed by atoms with Gasteiger partial charge in [-0.3, -0.25) is 0 Å². The second-order valence-corrected chi connectivity index (χ2v) is 12.6. The Kier molecular flexibility index (Phi) is 4.00. The van der Waals surface area contributed by atoms with Crippen LogP contribution in [0.5, 0.6) is 0 Å². The first kappa shape index (κ1) is 17.1. The number of hydrogen-bond acceptors (Lipinski definition) is 0. The van der Waals surface area contributed by atoms with E-state index in [1.807, 2.05) is 0 Å². The zero-order valence-electron chi connectivity index (χ0n) is 16.1. The molecule has 1 aliphatic carbocycles. The van der Waals surface area contributed by atoms with Crippen LogP contribution in [0, 0.1) is 0 Å². The molecule has 130 valence electrons. The molecule has 0 N–H and O–H groups in total. The van der Waals surface area contributed by atoms with Crippen molar-refractivity contribution < 1.29 is 0 Å². The van der Waals surface area contributed by atoms with Gasteiger partial charge in [-0.1, -0.05) is 122 Å². The van der Waals surface area contributed by atoms with Gasteiger partial charge >= 0.3 is 0 Å². The van der Waals surface area contributed by atoms with E-state index >= 15 is 0 Å². The molecule has 26 heavy (non-hydrogen) atoms. The quantitative estimate of drug-likeness (QED) is 0.511. The third-order valence-electron chi connectivity index (χ3n) is 5.93. The summed E-state index contributed by atoms with van der Waals surface area (Å²) in [5.41, 5.74) is 5.73.